The van der Waals surface area contributed by atoms with Gasteiger partial charge in [0.05, 0.1) is 0 Å². The van der Waals surface area contributed by atoms with Crippen LogP contribution in [0.15, 0.2) is 18.2 Å². The Labute approximate surface area is 87.4 Å². The van der Waals surface area contributed by atoms with Crippen LogP contribution in [0.25, 0.3) is 0 Å². The molecule has 6 N–H and O–H groups in total. The summed E-state index contributed by atoms with van der Waals surface area (Å²) in [5, 5.41) is 25.7. The van der Waals surface area contributed by atoms with Crippen LogP contribution in [0.2, 0.25) is 0 Å². The Morgan fingerprint density at radius 3 is 1.13 bits per heavy atom. The molecular formula is C9H15N3O3. The Balaban J connectivity index is 2.86. The lowest BCUT2D eigenvalue weighted by molar-refractivity contribution is 0.158. The third-order valence-electron chi connectivity index (χ3n) is 1.96. The van der Waals surface area contributed by atoms with Gasteiger partial charge in [0.15, 0.2) is 0 Å². The summed E-state index contributed by atoms with van der Waals surface area (Å²) < 4.78 is 0. The van der Waals surface area contributed by atoms with Gasteiger partial charge in [0.2, 0.25) is 0 Å². The summed E-state index contributed by atoms with van der Waals surface area (Å²) >= 11 is 0. The average molecular weight is 213 g/mol. The van der Waals surface area contributed by atoms with Crippen molar-refractivity contribution in [2.45, 2.75) is 19.6 Å². The van der Waals surface area contributed by atoms with Gasteiger partial charge in [-0.05, 0) is 16.7 Å². The molecule has 0 saturated heterocycles. The zero-order valence-electron chi connectivity index (χ0n) is 8.20. The highest BCUT2D eigenvalue weighted by atomic mass is 16.5. The molecule has 0 amide bonds. The standard InChI is InChI=1S/C9H15N3O3/c13-10-4-7-1-8(5-11-14)3-9(2-7)6-12-15/h1-3,10-15H,4-6H2. The number of hydroxylamine groups is 3. The molecule has 15 heavy (non-hydrogen) atoms. The predicted molar refractivity (Wildman–Crippen MR) is 52.3 cm³/mol. The van der Waals surface area contributed by atoms with Crippen molar-refractivity contribution in [2.75, 3.05) is 0 Å². The highest BCUT2D eigenvalue weighted by Gasteiger charge is 2.00. The minimum Gasteiger partial charge on any atom is -0.316 e. The number of benzene rings is 1. The molecule has 0 aliphatic heterocycles. The summed E-state index contributed by atoms with van der Waals surface area (Å²) in [6, 6.07) is 5.52. The smallest absolute Gasteiger partial charge is 0.0458 e. The van der Waals surface area contributed by atoms with Gasteiger partial charge in [-0.3, -0.25) is 0 Å². The SMILES string of the molecule is ONCc1cc(CNO)cc(CNO)c1. The number of hydrogen-bond acceptors (Lipinski definition) is 6. The molecule has 0 saturated carbocycles. The molecule has 0 bridgehead atoms. The van der Waals surface area contributed by atoms with E-state index >= 15 is 0 Å². The minimum atomic E-state index is 0.317. The second-order valence-corrected chi connectivity index (χ2v) is 3.16. The minimum absolute atomic E-state index is 0.317. The molecule has 1 aromatic rings. The van der Waals surface area contributed by atoms with Crippen LogP contribution in [0.5, 0.6) is 0 Å². The van der Waals surface area contributed by atoms with Gasteiger partial charge < -0.3 is 15.6 Å². The van der Waals surface area contributed by atoms with Crippen LogP contribution >= 0.6 is 0 Å². The highest BCUT2D eigenvalue weighted by Crippen LogP contribution is 2.10. The van der Waals surface area contributed by atoms with Crippen molar-refractivity contribution >= 4 is 0 Å². The first-order valence-electron chi connectivity index (χ1n) is 4.52. The Bertz CT molecular complexity index is 247. The monoisotopic (exact) mass is 213 g/mol. The van der Waals surface area contributed by atoms with E-state index < -0.39 is 0 Å². The van der Waals surface area contributed by atoms with Crippen molar-refractivity contribution < 1.29 is 15.6 Å². The number of nitrogens with one attached hydrogen (secondary N) is 3. The van der Waals surface area contributed by atoms with Crippen molar-refractivity contribution in [2.24, 2.45) is 0 Å². The van der Waals surface area contributed by atoms with E-state index in [4.69, 9.17) is 15.6 Å². The van der Waals surface area contributed by atoms with Crippen LogP contribution in [-0.2, 0) is 19.6 Å². The van der Waals surface area contributed by atoms with Crippen LogP contribution in [0.4, 0.5) is 0 Å². The average Bonchev–Trinajstić information content (AvgIpc) is 2.19. The summed E-state index contributed by atoms with van der Waals surface area (Å²) in [4.78, 5) is 0. The molecule has 0 aliphatic rings. The lowest BCUT2D eigenvalue weighted by Gasteiger charge is -2.08. The summed E-state index contributed by atoms with van der Waals surface area (Å²) in [6.07, 6.45) is 0. The Morgan fingerprint density at radius 2 is 0.933 bits per heavy atom. The first-order chi connectivity index (χ1) is 7.30. The Morgan fingerprint density at radius 1 is 0.667 bits per heavy atom. The summed E-state index contributed by atoms with van der Waals surface area (Å²) in [5.41, 5.74) is 8.78. The Kier molecular flexibility index (Phi) is 5.19. The maximum atomic E-state index is 8.58. The molecule has 6 nitrogen and oxygen atoms in total. The zero-order valence-corrected chi connectivity index (χ0v) is 8.20. The molecule has 0 aromatic heterocycles. The van der Waals surface area contributed by atoms with E-state index in [-0.39, 0.29) is 0 Å². The molecule has 0 spiro atoms. The van der Waals surface area contributed by atoms with Gasteiger partial charge >= 0.3 is 0 Å². The third kappa shape index (κ3) is 3.92. The maximum absolute atomic E-state index is 8.58. The Hall–Kier alpha value is -1.02. The number of rotatable bonds is 6. The second-order valence-electron chi connectivity index (χ2n) is 3.16. The van der Waals surface area contributed by atoms with E-state index in [0.717, 1.165) is 16.7 Å². The molecule has 0 heterocycles. The number of hydrogen-bond donors (Lipinski definition) is 6. The lowest BCUT2D eigenvalue weighted by Crippen LogP contribution is -2.12. The molecule has 1 rings (SSSR count). The van der Waals surface area contributed by atoms with E-state index in [1.807, 2.05) is 18.2 Å². The summed E-state index contributed by atoms with van der Waals surface area (Å²) in [7, 11) is 0. The molecule has 0 aliphatic carbocycles. The van der Waals surface area contributed by atoms with Crippen LogP contribution in [0.1, 0.15) is 16.7 Å². The first-order valence-corrected chi connectivity index (χ1v) is 4.52. The van der Waals surface area contributed by atoms with Crippen LogP contribution < -0.4 is 16.4 Å². The van der Waals surface area contributed by atoms with Gasteiger partial charge in [-0.2, -0.15) is 0 Å². The molecule has 0 atom stereocenters. The fourth-order valence-electron chi connectivity index (χ4n) is 1.42. The van der Waals surface area contributed by atoms with Crippen molar-refractivity contribution in [3.8, 4) is 0 Å². The summed E-state index contributed by atoms with van der Waals surface area (Å²) in [5.74, 6) is 0. The second kappa shape index (κ2) is 6.46. The maximum Gasteiger partial charge on any atom is 0.0458 e. The highest BCUT2D eigenvalue weighted by molar-refractivity contribution is 5.30. The van der Waals surface area contributed by atoms with E-state index in [9.17, 15) is 0 Å². The first kappa shape index (κ1) is 12.1. The zero-order chi connectivity index (χ0) is 11.1. The largest absolute Gasteiger partial charge is 0.316 e. The molecule has 6 heteroatoms. The topological polar surface area (TPSA) is 96.8 Å². The quantitative estimate of drug-likeness (QED) is 0.376. The fourth-order valence-corrected chi connectivity index (χ4v) is 1.42. The van der Waals surface area contributed by atoms with E-state index in [2.05, 4.69) is 16.4 Å². The molecular weight excluding hydrogens is 198 g/mol. The van der Waals surface area contributed by atoms with Gasteiger partial charge in [-0.25, -0.2) is 16.4 Å². The van der Waals surface area contributed by atoms with Crippen LogP contribution in [-0.4, -0.2) is 15.6 Å². The van der Waals surface area contributed by atoms with Gasteiger partial charge in [-0.15, -0.1) is 0 Å². The van der Waals surface area contributed by atoms with Gasteiger partial charge in [-0.1, -0.05) is 18.2 Å². The molecule has 84 valence electrons. The molecule has 0 radical (unpaired) electrons. The lowest BCUT2D eigenvalue weighted by atomic mass is 10.1. The van der Waals surface area contributed by atoms with Gasteiger partial charge in [0.25, 0.3) is 0 Å². The van der Waals surface area contributed by atoms with Gasteiger partial charge in [0, 0.05) is 19.6 Å². The third-order valence-corrected chi connectivity index (χ3v) is 1.96. The van der Waals surface area contributed by atoms with Crippen molar-refractivity contribution in [3.05, 3.63) is 34.9 Å². The normalized spacial score (nSPS) is 10.6. The fraction of sp³-hybridized carbons (Fsp3) is 0.333. The van der Waals surface area contributed by atoms with E-state index in [1.165, 1.54) is 0 Å². The molecule has 0 unspecified atom stereocenters. The summed E-state index contributed by atoms with van der Waals surface area (Å²) in [6.45, 7) is 0.951. The van der Waals surface area contributed by atoms with Crippen molar-refractivity contribution in [3.63, 3.8) is 0 Å². The van der Waals surface area contributed by atoms with Crippen LogP contribution in [0, 0.1) is 0 Å². The van der Waals surface area contributed by atoms with Crippen LogP contribution in [0.3, 0.4) is 0 Å². The molecule has 1 aromatic carbocycles. The van der Waals surface area contributed by atoms with E-state index in [0.29, 0.717) is 19.6 Å². The van der Waals surface area contributed by atoms with Crippen molar-refractivity contribution in [1.82, 2.24) is 16.4 Å². The molecule has 0 fully saturated rings. The van der Waals surface area contributed by atoms with Gasteiger partial charge in [0.1, 0.15) is 0 Å². The van der Waals surface area contributed by atoms with Crippen molar-refractivity contribution in [1.29, 1.82) is 0 Å². The van der Waals surface area contributed by atoms with E-state index in [1.54, 1.807) is 0 Å². The predicted octanol–water partition coefficient (Wildman–Crippen LogP) is 0.123.